The number of rotatable bonds is 2. The fourth-order valence-electron chi connectivity index (χ4n) is 2.59. The fourth-order valence-corrected chi connectivity index (χ4v) is 2.59. The Balaban J connectivity index is 1.96. The number of hydrogen-bond acceptors (Lipinski definition) is 4. The number of fused-ring (bicyclic) bond motifs is 1. The van der Waals surface area contributed by atoms with Crippen LogP contribution in [0.3, 0.4) is 0 Å². The molecule has 3 rings (SSSR count). The van der Waals surface area contributed by atoms with Crippen LogP contribution in [0.1, 0.15) is 29.6 Å². The van der Waals surface area contributed by atoms with E-state index in [2.05, 4.69) is 10.1 Å². The number of carboxylic acids is 1. The SMILES string of the molecule is O=C(O)[C@H]1CCCCN1C(=O)c1cnn2ccncc12. The lowest BCUT2D eigenvalue weighted by atomic mass is 10.0. The predicted octanol–water partition coefficient (Wildman–Crippen LogP) is 0.809. The van der Waals surface area contributed by atoms with Gasteiger partial charge in [0.05, 0.1) is 23.5 Å². The van der Waals surface area contributed by atoms with Crippen LogP contribution in [0.2, 0.25) is 0 Å². The predicted molar refractivity (Wildman–Crippen MR) is 69.3 cm³/mol. The summed E-state index contributed by atoms with van der Waals surface area (Å²) in [6, 6.07) is -0.747. The van der Waals surface area contributed by atoms with Gasteiger partial charge < -0.3 is 10.0 Å². The number of nitrogens with zero attached hydrogens (tertiary/aromatic N) is 4. The van der Waals surface area contributed by atoms with Gasteiger partial charge in [0, 0.05) is 18.9 Å². The van der Waals surface area contributed by atoms with Gasteiger partial charge in [-0.05, 0) is 19.3 Å². The Morgan fingerprint density at radius 2 is 2.15 bits per heavy atom. The van der Waals surface area contributed by atoms with E-state index < -0.39 is 12.0 Å². The zero-order valence-electron chi connectivity index (χ0n) is 10.8. The molecule has 1 aliphatic rings. The minimum Gasteiger partial charge on any atom is -0.480 e. The second kappa shape index (κ2) is 4.92. The Morgan fingerprint density at radius 1 is 1.30 bits per heavy atom. The highest BCUT2D eigenvalue weighted by Gasteiger charge is 2.33. The molecule has 1 aliphatic heterocycles. The van der Waals surface area contributed by atoms with Crippen LogP contribution in [-0.2, 0) is 4.79 Å². The van der Waals surface area contributed by atoms with Crippen LogP contribution in [0, 0.1) is 0 Å². The van der Waals surface area contributed by atoms with Crippen molar-refractivity contribution in [1.82, 2.24) is 19.5 Å². The van der Waals surface area contributed by atoms with Gasteiger partial charge in [-0.15, -0.1) is 0 Å². The molecule has 1 fully saturated rings. The van der Waals surface area contributed by atoms with E-state index in [1.165, 1.54) is 11.1 Å². The van der Waals surface area contributed by atoms with Crippen molar-refractivity contribution < 1.29 is 14.7 Å². The number of hydrogen-bond donors (Lipinski definition) is 1. The molecule has 20 heavy (non-hydrogen) atoms. The standard InChI is InChI=1S/C13H14N4O3/c18-12(16-5-2-1-3-10(16)13(19)20)9-7-15-17-6-4-14-8-11(9)17/h4,6-8,10H,1-3,5H2,(H,19,20)/t10-/m1/s1. The largest absolute Gasteiger partial charge is 0.480 e. The van der Waals surface area contributed by atoms with Crippen molar-refractivity contribution in [2.45, 2.75) is 25.3 Å². The molecule has 0 saturated carbocycles. The summed E-state index contributed by atoms with van der Waals surface area (Å²) in [4.78, 5) is 29.3. The second-order valence-electron chi connectivity index (χ2n) is 4.81. The first-order chi connectivity index (χ1) is 9.68. The average Bonchev–Trinajstić information content (AvgIpc) is 2.90. The minimum absolute atomic E-state index is 0.292. The first kappa shape index (κ1) is 12.6. The zero-order chi connectivity index (χ0) is 14.1. The first-order valence-corrected chi connectivity index (χ1v) is 6.49. The third kappa shape index (κ3) is 2.01. The molecule has 0 unspecified atom stereocenters. The zero-order valence-corrected chi connectivity index (χ0v) is 10.8. The van der Waals surface area contributed by atoms with Crippen molar-refractivity contribution >= 4 is 17.4 Å². The Hall–Kier alpha value is -2.44. The minimum atomic E-state index is -0.951. The number of aliphatic carboxylic acids is 1. The maximum atomic E-state index is 12.6. The Labute approximate surface area is 114 Å². The topological polar surface area (TPSA) is 87.8 Å². The molecule has 0 bridgehead atoms. The van der Waals surface area contributed by atoms with E-state index in [0.29, 0.717) is 24.0 Å². The average molecular weight is 274 g/mol. The summed E-state index contributed by atoms with van der Waals surface area (Å²) in [5, 5.41) is 13.3. The van der Waals surface area contributed by atoms with Crippen LogP contribution in [0.25, 0.3) is 5.52 Å². The summed E-state index contributed by atoms with van der Waals surface area (Å²) in [6.45, 7) is 0.466. The van der Waals surface area contributed by atoms with Gasteiger partial charge in [-0.1, -0.05) is 0 Å². The van der Waals surface area contributed by atoms with Crippen LogP contribution < -0.4 is 0 Å². The van der Waals surface area contributed by atoms with Gasteiger partial charge >= 0.3 is 5.97 Å². The summed E-state index contributed by atoms with van der Waals surface area (Å²) in [7, 11) is 0. The van der Waals surface area contributed by atoms with E-state index in [0.717, 1.165) is 12.8 Å². The highest BCUT2D eigenvalue weighted by Crippen LogP contribution is 2.21. The molecule has 0 aliphatic carbocycles. The molecule has 104 valence electrons. The Morgan fingerprint density at radius 3 is 2.95 bits per heavy atom. The van der Waals surface area contributed by atoms with Crippen molar-refractivity contribution in [3.63, 3.8) is 0 Å². The van der Waals surface area contributed by atoms with Crippen LogP contribution >= 0.6 is 0 Å². The van der Waals surface area contributed by atoms with Gasteiger partial charge in [-0.2, -0.15) is 5.10 Å². The molecule has 7 heteroatoms. The lowest BCUT2D eigenvalue weighted by molar-refractivity contribution is -0.143. The van der Waals surface area contributed by atoms with E-state index in [1.54, 1.807) is 23.1 Å². The maximum Gasteiger partial charge on any atom is 0.326 e. The van der Waals surface area contributed by atoms with Crippen LogP contribution in [0.15, 0.2) is 24.8 Å². The summed E-state index contributed by atoms with van der Waals surface area (Å²) in [5.74, 6) is -1.24. The summed E-state index contributed by atoms with van der Waals surface area (Å²) < 4.78 is 1.56. The molecule has 7 nitrogen and oxygen atoms in total. The number of likely N-dealkylation sites (tertiary alicyclic amines) is 1. The van der Waals surface area contributed by atoms with Gasteiger partial charge in [0.15, 0.2) is 0 Å². The number of amides is 1. The van der Waals surface area contributed by atoms with Crippen LogP contribution in [-0.4, -0.2) is 49.1 Å². The molecular formula is C13H14N4O3. The summed E-state index contributed by atoms with van der Waals surface area (Å²) >= 11 is 0. The molecule has 1 N–H and O–H groups in total. The summed E-state index contributed by atoms with van der Waals surface area (Å²) in [5.41, 5.74) is 0.985. The third-order valence-corrected chi connectivity index (χ3v) is 3.60. The number of carbonyl (C=O) groups is 2. The molecule has 1 atom stereocenters. The smallest absolute Gasteiger partial charge is 0.326 e. The van der Waals surface area contributed by atoms with Gasteiger partial charge in [-0.3, -0.25) is 9.78 Å². The van der Waals surface area contributed by atoms with Crippen molar-refractivity contribution in [2.75, 3.05) is 6.54 Å². The van der Waals surface area contributed by atoms with E-state index in [-0.39, 0.29) is 5.91 Å². The molecule has 0 radical (unpaired) electrons. The van der Waals surface area contributed by atoms with Gasteiger partial charge in [-0.25, -0.2) is 9.31 Å². The molecule has 3 heterocycles. The fraction of sp³-hybridized carbons (Fsp3) is 0.385. The van der Waals surface area contributed by atoms with Gasteiger partial charge in [0.1, 0.15) is 6.04 Å². The van der Waals surface area contributed by atoms with Gasteiger partial charge in [0.25, 0.3) is 5.91 Å². The monoisotopic (exact) mass is 274 g/mol. The highest BCUT2D eigenvalue weighted by atomic mass is 16.4. The molecule has 1 amide bonds. The molecule has 2 aromatic heterocycles. The number of carbonyl (C=O) groups excluding carboxylic acids is 1. The van der Waals surface area contributed by atoms with E-state index in [4.69, 9.17) is 0 Å². The highest BCUT2D eigenvalue weighted by molar-refractivity contribution is 6.02. The molecule has 2 aromatic rings. The van der Waals surface area contributed by atoms with E-state index in [1.807, 2.05) is 0 Å². The first-order valence-electron chi connectivity index (χ1n) is 6.49. The molecular weight excluding hydrogens is 260 g/mol. The maximum absolute atomic E-state index is 12.6. The number of aromatic nitrogens is 3. The lowest BCUT2D eigenvalue weighted by Crippen LogP contribution is -2.47. The molecule has 0 aromatic carbocycles. The quantitative estimate of drug-likeness (QED) is 0.875. The van der Waals surface area contributed by atoms with Crippen molar-refractivity contribution in [1.29, 1.82) is 0 Å². The Kier molecular flexibility index (Phi) is 3.09. The molecule has 1 saturated heterocycles. The van der Waals surface area contributed by atoms with Crippen LogP contribution in [0.5, 0.6) is 0 Å². The number of piperidine rings is 1. The molecule has 0 spiro atoms. The second-order valence-corrected chi connectivity index (χ2v) is 4.81. The van der Waals surface area contributed by atoms with Crippen molar-refractivity contribution in [3.05, 3.63) is 30.4 Å². The third-order valence-electron chi connectivity index (χ3n) is 3.60. The number of carboxylic acid groups (broad SMARTS) is 1. The van der Waals surface area contributed by atoms with Gasteiger partial charge in [0.2, 0.25) is 0 Å². The lowest BCUT2D eigenvalue weighted by Gasteiger charge is -2.32. The van der Waals surface area contributed by atoms with Crippen LogP contribution in [0.4, 0.5) is 0 Å². The normalized spacial score (nSPS) is 19.2. The van der Waals surface area contributed by atoms with E-state index >= 15 is 0 Å². The Bertz CT molecular complexity index is 666. The van der Waals surface area contributed by atoms with Crippen molar-refractivity contribution in [2.24, 2.45) is 0 Å². The van der Waals surface area contributed by atoms with E-state index in [9.17, 15) is 14.7 Å². The summed E-state index contributed by atoms with van der Waals surface area (Å²) in [6.07, 6.45) is 8.40. The van der Waals surface area contributed by atoms with Crippen molar-refractivity contribution in [3.8, 4) is 0 Å².